The van der Waals surface area contributed by atoms with Gasteiger partial charge in [0.25, 0.3) is 0 Å². The summed E-state index contributed by atoms with van der Waals surface area (Å²) in [6.45, 7) is 2.15. The molecule has 94 valence electrons. The van der Waals surface area contributed by atoms with Crippen LogP contribution >= 0.6 is 11.3 Å². The lowest BCUT2D eigenvalue weighted by atomic mass is 9.99. The van der Waals surface area contributed by atoms with Gasteiger partial charge in [0.2, 0.25) is 0 Å². The molecule has 0 aromatic carbocycles. The Morgan fingerprint density at radius 2 is 2.39 bits per heavy atom. The fraction of sp³-hybridized carbons (Fsp3) is 0.429. The summed E-state index contributed by atoms with van der Waals surface area (Å²) in [6.07, 6.45) is 6.12. The van der Waals surface area contributed by atoms with Crippen LogP contribution in [0.3, 0.4) is 0 Å². The molecular weight excluding hydrogens is 242 g/mol. The Hall–Kier alpha value is -1.26. The molecule has 2 aromatic rings. The molecule has 1 aliphatic rings. The molecule has 1 atom stereocenters. The van der Waals surface area contributed by atoms with Crippen molar-refractivity contribution in [1.82, 2.24) is 9.97 Å². The van der Waals surface area contributed by atoms with E-state index in [1.54, 1.807) is 11.3 Å². The van der Waals surface area contributed by atoms with Crippen LogP contribution in [0.25, 0.3) is 10.7 Å². The van der Waals surface area contributed by atoms with Crippen LogP contribution in [-0.4, -0.2) is 9.97 Å². The average Bonchev–Trinajstić information content (AvgIpc) is 2.84. The van der Waals surface area contributed by atoms with E-state index in [0.29, 0.717) is 0 Å². The van der Waals surface area contributed by atoms with E-state index in [2.05, 4.69) is 18.0 Å². The molecule has 1 aliphatic carbocycles. The number of aromatic nitrogens is 2. The van der Waals surface area contributed by atoms with Gasteiger partial charge in [0.15, 0.2) is 0 Å². The molecule has 0 aliphatic heterocycles. The third kappa shape index (κ3) is 1.95. The van der Waals surface area contributed by atoms with Crippen molar-refractivity contribution in [2.75, 3.05) is 0 Å². The second-order valence-corrected chi connectivity index (χ2v) is 5.72. The first-order chi connectivity index (χ1) is 8.79. The summed E-state index contributed by atoms with van der Waals surface area (Å²) >= 11 is 1.73. The van der Waals surface area contributed by atoms with Gasteiger partial charge in [-0.1, -0.05) is 13.0 Å². The van der Waals surface area contributed by atoms with Crippen LogP contribution in [-0.2, 0) is 12.8 Å². The van der Waals surface area contributed by atoms with Crippen molar-refractivity contribution < 1.29 is 0 Å². The molecule has 18 heavy (non-hydrogen) atoms. The van der Waals surface area contributed by atoms with Gasteiger partial charge in [0.1, 0.15) is 10.7 Å². The molecule has 0 saturated heterocycles. The van der Waals surface area contributed by atoms with Gasteiger partial charge in [0, 0.05) is 17.1 Å². The monoisotopic (exact) mass is 259 g/mol. The van der Waals surface area contributed by atoms with Crippen LogP contribution in [0.5, 0.6) is 0 Å². The molecule has 1 unspecified atom stereocenters. The molecular formula is C14H17N3S. The van der Waals surface area contributed by atoms with E-state index in [4.69, 9.17) is 10.7 Å². The maximum Gasteiger partial charge on any atom is 0.142 e. The molecule has 0 saturated carbocycles. The minimum absolute atomic E-state index is 0.175. The molecule has 0 radical (unpaired) electrons. The Kier molecular flexibility index (Phi) is 3.14. The summed E-state index contributed by atoms with van der Waals surface area (Å²) in [5.74, 6) is 0. The molecule has 4 heteroatoms. The lowest BCUT2D eigenvalue weighted by Crippen LogP contribution is -2.15. The minimum Gasteiger partial charge on any atom is -0.323 e. The van der Waals surface area contributed by atoms with Gasteiger partial charge in [-0.15, -0.1) is 11.3 Å². The summed E-state index contributed by atoms with van der Waals surface area (Å²) in [5.41, 5.74) is 9.65. The number of nitrogens with two attached hydrogens (primary N) is 1. The third-order valence-corrected chi connectivity index (χ3v) is 4.70. The van der Waals surface area contributed by atoms with E-state index in [1.807, 2.05) is 12.3 Å². The van der Waals surface area contributed by atoms with Crippen LogP contribution in [0.15, 0.2) is 18.3 Å². The minimum atomic E-state index is 0.175. The fourth-order valence-electron chi connectivity index (χ4n) is 2.47. The summed E-state index contributed by atoms with van der Waals surface area (Å²) < 4.78 is 0. The Bertz CT molecular complexity index is 562. The third-order valence-electron chi connectivity index (χ3n) is 3.47. The van der Waals surface area contributed by atoms with Crippen LogP contribution < -0.4 is 5.73 Å². The smallest absolute Gasteiger partial charge is 0.142 e. The number of rotatable bonds is 2. The van der Waals surface area contributed by atoms with Gasteiger partial charge in [-0.3, -0.25) is 4.98 Å². The molecule has 0 bridgehead atoms. The fourth-order valence-corrected chi connectivity index (χ4v) is 3.65. The molecule has 0 spiro atoms. The zero-order valence-electron chi connectivity index (χ0n) is 10.5. The van der Waals surface area contributed by atoms with Gasteiger partial charge in [-0.2, -0.15) is 0 Å². The Morgan fingerprint density at radius 3 is 3.17 bits per heavy atom. The average molecular weight is 259 g/mol. The van der Waals surface area contributed by atoms with Crippen molar-refractivity contribution in [3.8, 4) is 10.7 Å². The molecule has 2 N–H and O–H groups in total. The van der Waals surface area contributed by atoms with Crippen LogP contribution in [0, 0.1) is 0 Å². The van der Waals surface area contributed by atoms with Crippen LogP contribution in [0.4, 0.5) is 0 Å². The van der Waals surface area contributed by atoms with E-state index >= 15 is 0 Å². The topological polar surface area (TPSA) is 51.8 Å². The highest BCUT2D eigenvalue weighted by atomic mass is 32.1. The number of pyridine rings is 1. The summed E-state index contributed by atoms with van der Waals surface area (Å²) in [5, 5.41) is 1.04. The highest BCUT2D eigenvalue weighted by molar-refractivity contribution is 7.15. The van der Waals surface area contributed by atoms with Crippen molar-refractivity contribution in [1.29, 1.82) is 0 Å². The number of hydrogen-bond acceptors (Lipinski definition) is 4. The predicted octanol–water partition coefficient (Wildman–Crippen LogP) is 3.10. The standard InChI is InChI=1S/C14H17N3S/c1-2-9-5-4-8-16-12(9)14-17-11-7-3-6-10(15)13(11)18-14/h4-5,8,10H,2-3,6-7,15H2,1H3. The van der Waals surface area contributed by atoms with E-state index < -0.39 is 0 Å². The zero-order chi connectivity index (χ0) is 12.5. The largest absolute Gasteiger partial charge is 0.323 e. The van der Waals surface area contributed by atoms with Gasteiger partial charge >= 0.3 is 0 Å². The molecule has 0 fully saturated rings. The molecule has 2 heterocycles. The maximum atomic E-state index is 6.16. The highest BCUT2D eigenvalue weighted by Gasteiger charge is 2.23. The van der Waals surface area contributed by atoms with Crippen LogP contribution in [0.1, 0.15) is 41.9 Å². The number of nitrogens with zero attached hydrogens (tertiary/aromatic N) is 2. The number of hydrogen-bond donors (Lipinski definition) is 1. The highest BCUT2D eigenvalue weighted by Crippen LogP contribution is 2.36. The Labute approximate surface area is 111 Å². The molecule has 0 amide bonds. The molecule has 2 aromatic heterocycles. The van der Waals surface area contributed by atoms with Crippen LogP contribution in [0.2, 0.25) is 0 Å². The van der Waals surface area contributed by atoms with E-state index in [9.17, 15) is 0 Å². The normalized spacial score (nSPS) is 18.7. The lowest BCUT2D eigenvalue weighted by Gasteiger charge is -2.15. The number of aryl methyl sites for hydroxylation is 2. The first kappa shape index (κ1) is 11.8. The number of fused-ring (bicyclic) bond motifs is 1. The first-order valence-electron chi connectivity index (χ1n) is 6.49. The van der Waals surface area contributed by atoms with Crippen molar-refractivity contribution >= 4 is 11.3 Å². The number of thiazole rings is 1. The van der Waals surface area contributed by atoms with Crippen molar-refractivity contribution in [3.63, 3.8) is 0 Å². The van der Waals surface area contributed by atoms with E-state index in [0.717, 1.165) is 36.4 Å². The second-order valence-electron chi connectivity index (χ2n) is 4.69. The molecule has 3 nitrogen and oxygen atoms in total. The van der Waals surface area contributed by atoms with Crippen molar-refractivity contribution in [3.05, 3.63) is 34.5 Å². The quantitative estimate of drug-likeness (QED) is 0.901. The Morgan fingerprint density at radius 1 is 1.50 bits per heavy atom. The van der Waals surface area contributed by atoms with Gasteiger partial charge in [-0.25, -0.2) is 4.98 Å². The van der Waals surface area contributed by atoms with Gasteiger partial charge in [0.05, 0.1) is 5.69 Å². The van der Waals surface area contributed by atoms with Crippen molar-refractivity contribution in [2.24, 2.45) is 5.73 Å². The summed E-state index contributed by atoms with van der Waals surface area (Å²) in [7, 11) is 0. The zero-order valence-corrected chi connectivity index (χ0v) is 11.3. The van der Waals surface area contributed by atoms with Crippen molar-refractivity contribution in [2.45, 2.75) is 38.6 Å². The Balaban J connectivity index is 2.07. The predicted molar refractivity (Wildman–Crippen MR) is 74.6 cm³/mol. The lowest BCUT2D eigenvalue weighted by molar-refractivity contribution is 0.573. The maximum absolute atomic E-state index is 6.16. The molecule has 3 rings (SSSR count). The first-order valence-corrected chi connectivity index (χ1v) is 7.30. The summed E-state index contributed by atoms with van der Waals surface area (Å²) in [4.78, 5) is 10.5. The van der Waals surface area contributed by atoms with Gasteiger partial charge in [-0.05, 0) is 37.3 Å². The SMILES string of the molecule is CCc1cccnc1-c1nc2c(s1)C(N)CCC2. The summed E-state index contributed by atoms with van der Waals surface area (Å²) in [6, 6.07) is 4.29. The second kappa shape index (κ2) is 4.78. The van der Waals surface area contributed by atoms with Gasteiger partial charge < -0.3 is 5.73 Å². The van der Waals surface area contributed by atoms with E-state index in [1.165, 1.54) is 16.1 Å². The van der Waals surface area contributed by atoms with E-state index in [-0.39, 0.29) is 6.04 Å².